The van der Waals surface area contributed by atoms with Crippen molar-refractivity contribution >= 4 is 11.9 Å². The molecular formula is C19H25NO6. The average Bonchev–Trinajstić information content (AvgIpc) is 2.61. The lowest BCUT2D eigenvalue weighted by atomic mass is 9.99. The lowest BCUT2D eigenvalue weighted by Crippen LogP contribution is -2.52. The summed E-state index contributed by atoms with van der Waals surface area (Å²) in [5.41, 5.74) is 0.955. The average molecular weight is 363 g/mol. The first kappa shape index (κ1) is 18.5. The molecule has 2 aliphatic heterocycles. The van der Waals surface area contributed by atoms with Gasteiger partial charge in [-0.25, -0.2) is 0 Å². The van der Waals surface area contributed by atoms with Gasteiger partial charge in [-0.05, 0) is 24.1 Å². The fourth-order valence-corrected chi connectivity index (χ4v) is 3.47. The van der Waals surface area contributed by atoms with Crippen LogP contribution in [0.5, 0.6) is 11.5 Å². The van der Waals surface area contributed by atoms with Gasteiger partial charge >= 0.3 is 5.97 Å². The molecule has 1 saturated heterocycles. The first-order valence-electron chi connectivity index (χ1n) is 8.90. The Morgan fingerprint density at radius 1 is 1.31 bits per heavy atom. The molecule has 0 saturated carbocycles. The summed E-state index contributed by atoms with van der Waals surface area (Å²) >= 11 is 0. The zero-order valence-corrected chi connectivity index (χ0v) is 15.2. The summed E-state index contributed by atoms with van der Waals surface area (Å²) in [6, 6.07) is 5.66. The Balaban J connectivity index is 1.56. The van der Waals surface area contributed by atoms with Crippen molar-refractivity contribution in [2.45, 2.75) is 45.0 Å². The molecule has 7 heteroatoms. The second-order valence-electron chi connectivity index (χ2n) is 7.06. The molecule has 0 aromatic heterocycles. The van der Waals surface area contributed by atoms with E-state index in [1.54, 1.807) is 18.9 Å². The van der Waals surface area contributed by atoms with Crippen LogP contribution in [0.3, 0.4) is 0 Å². The summed E-state index contributed by atoms with van der Waals surface area (Å²) in [6.45, 7) is 3.33. The number of methoxy groups -OCH3 is 1. The lowest BCUT2D eigenvalue weighted by molar-refractivity contribution is -0.227. The maximum absolute atomic E-state index is 12.4. The van der Waals surface area contributed by atoms with E-state index in [0.29, 0.717) is 32.5 Å². The molecule has 1 aromatic rings. The molecule has 1 spiro atoms. The molecule has 2 heterocycles. The van der Waals surface area contributed by atoms with Crippen LogP contribution in [0, 0.1) is 5.92 Å². The first-order chi connectivity index (χ1) is 12.4. The predicted octanol–water partition coefficient (Wildman–Crippen LogP) is 2.42. The summed E-state index contributed by atoms with van der Waals surface area (Å²) in [5.74, 6) is -0.170. The number of benzene rings is 1. The Kier molecular flexibility index (Phi) is 5.36. The van der Waals surface area contributed by atoms with Crippen LogP contribution in [0.1, 0.15) is 38.2 Å². The largest absolute Gasteiger partial charge is 0.497 e. The van der Waals surface area contributed by atoms with E-state index in [9.17, 15) is 9.59 Å². The number of rotatable bonds is 5. The Hall–Kier alpha value is -2.28. The zero-order valence-electron chi connectivity index (χ0n) is 15.2. The number of piperidine rings is 1. The van der Waals surface area contributed by atoms with Gasteiger partial charge in [0, 0.05) is 44.3 Å². The quantitative estimate of drug-likeness (QED) is 0.865. The molecule has 0 bridgehead atoms. The minimum Gasteiger partial charge on any atom is -0.497 e. The minimum absolute atomic E-state index is 0.00505. The summed E-state index contributed by atoms with van der Waals surface area (Å²) in [4.78, 5) is 24.9. The third kappa shape index (κ3) is 4.09. The Morgan fingerprint density at radius 3 is 2.69 bits per heavy atom. The number of amides is 1. The van der Waals surface area contributed by atoms with E-state index in [1.165, 1.54) is 0 Å². The van der Waals surface area contributed by atoms with E-state index in [-0.39, 0.29) is 24.7 Å². The lowest BCUT2D eigenvalue weighted by Gasteiger charge is -2.44. The SMILES string of the molecule is COc1ccc2c(c1)COC1(CCN(C(=O)CC(C)CC(=O)O)CC1)O2. The van der Waals surface area contributed by atoms with Crippen LogP contribution >= 0.6 is 0 Å². The number of aliphatic carboxylic acids is 1. The maximum Gasteiger partial charge on any atom is 0.303 e. The highest BCUT2D eigenvalue weighted by Gasteiger charge is 2.42. The number of carboxylic acids is 1. The zero-order chi connectivity index (χ0) is 18.7. The van der Waals surface area contributed by atoms with Crippen LogP contribution in [0.4, 0.5) is 0 Å². The molecule has 2 aliphatic rings. The minimum atomic E-state index is -0.873. The van der Waals surface area contributed by atoms with Crippen LogP contribution in [0.15, 0.2) is 18.2 Å². The van der Waals surface area contributed by atoms with Crippen molar-refractivity contribution in [1.29, 1.82) is 0 Å². The van der Waals surface area contributed by atoms with E-state index in [1.807, 2.05) is 18.2 Å². The monoisotopic (exact) mass is 363 g/mol. The van der Waals surface area contributed by atoms with Crippen LogP contribution in [-0.2, 0) is 20.9 Å². The number of carbonyl (C=O) groups excluding carboxylic acids is 1. The van der Waals surface area contributed by atoms with Crippen LogP contribution in [0.25, 0.3) is 0 Å². The summed E-state index contributed by atoms with van der Waals surface area (Å²) < 4.78 is 17.4. The third-order valence-corrected chi connectivity index (χ3v) is 4.98. The number of nitrogens with zero attached hydrogens (tertiary/aromatic N) is 1. The van der Waals surface area contributed by atoms with Crippen molar-refractivity contribution in [2.75, 3.05) is 20.2 Å². The fraction of sp³-hybridized carbons (Fsp3) is 0.579. The summed E-state index contributed by atoms with van der Waals surface area (Å²) in [5, 5.41) is 8.82. The second kappa shape index (κ2) is 7.53. The number of ether oxygens (including phenoxy) is 3. The number of carbonyl (C=O) groups is 2. The molecule has 1 amide bonds. The number of hydrogen-bond donors (Lipinski definition) is 1. The van der Waals surface area contributed by atoms with Gasteiger partial charge in [-0.15, -0.1) is 0 Å². The highest BCUT2D eigenvalue weighted by Crippen LogP contribution is 2.38. The number of fused-ring (bicyclic) bond motifs is 1. The Morgan fingerprint density at radius 2 is 2.04 bits per heavy atom. The van der Waals surface area contributed by atoms with Crippen molar-refractivity contribution in [3.63, 3.8) is 0 Å². The van der Waals surface area contributed by atoms with Crippen molar-refractivity contribution in [2.24, 2.45) is 5.92 Å². The number of hydrogen-bond acceptors (Lipinski definition) is 5. The second-order valence-corrected chi connectivity index (χ2v) is 7.06. The van der Waals surface area contributed by atoms with E-state index in [2.05, 4.69) is 0 Å². The van der Waals surface area contributed by atoms with Gasteiger partial charge in [0.25, 0.3) is 0 Å². The topological polar surface area (TPSA) is 85.3 Å². The molecule has 1 fully saturated rings. The molecule has 26 heavy (non-hydrogen) atoms. The van der Waals surface area contributed by atoms with Crippen LogP contribution in [-0.4, -0.2) is 47.9 Å². The maximum atomic E-state index is 12.4. The van der Waals surface area contributed by atoms with E-state index >= 15 is 0 Å². The fourth-order valence-electron chi connectivity index (χ4n) is 3.47. The normalized spacial score (nSPS) is 19.4. The molecule has 1 unspecified atom stereocenters. The highest BCUT2D eigenvalue weighted by atomic mass is 16.7. The molecule has 1 N–H and O–H groups in total. The van der Waals surface area contributed by atoms with Gasteiger partial charge in [0.2, 0.25) is 11.7 Å². The predicted molar refractivity (Wildman–Crippen MR) is 93.0 cm³/mol. The first-order valence-corrected chi connectivity index (χ1v) is 8.90. The molecule has 1 aromatic carbocycles. The van der Waals surface area contributed by atoms with E-state index in [0.717, 1.165) is 17.1 Å². The molecule has 7 nitrogen and oxygen atoms in total. The summed E-state index contributed by atoms with van der Waals surface area (Å²) in [6.07, 6.45) is 1.45. The molecule has 1 atom stereocenters. The van der Waals surface area contributed by atoms with Crippen LogP contribution in [0.2, 0.25) is 0 Å². The van der Waals surface area contributed by atoms with Gasteiger partial charge in [0.1, 0.15) is 11.5 Å². The number of carboxylic acid groups (broad SMARTS) is 1. The van der Waals surface area contributed by atoms with Crippen molar-refractivity contribution in [1.82, 2.24) is 4.90 Å². The molecule has 3 rings (SSSR count). The van der Waals surface area contributed by atoms with Gasteiger partial charge in [-0.2, -0.15) is 0 Å². The third-order valence-electron chi connectivity index (χ3n) is 4.98. The van der Waals surface area contributed by atoms with Gasteiger partial charge in [-0.1, -0.05) is 6.92 Å². The summed E-state index contributed by atoms with van der Waals surface area (Å²) in [7, 11) is 1.62. The highest BCUT2D eigenvalue weighted by molar-refractivity contribution is 5.77. The Bertz CT molecular complexity index is 681. The number of likely N-dealkylation sites (tertiary alicyclic amines) is 1. The van der Waals surface area contributed by atoms with Crippen molar-refractivity contribution < 1.29 is 28.9 Å². The molecule has 0 aliphatic carbocycles. The van der Waals surface area contributed by atoms with Crippen molar-refractivity contribution in [3.05, 3.63) is 23.8 Å². The molecular weight excluding hydrogens is 338 g/mol. The van der Waals surface area contributed by atoms with E-state index < -0.39 is 11.8 Å². The van der Waals surface area contributed by atoms with Gasteiger partial charge in [0.15, 0.2) is 0 Å². The van der Waals surface area contributed by atoms with Crippen molar-refractivity contribution in [3.8, 4) is 11.5 Å². The van der Waals surface area contributed by atoms with Gasteiger partial charge < -0.3 is 24.2 Å². The van der Waals surface area contributed by atoms with E-state index in [4.69, 9.17) is 19.3 Å². The molecule has 0 radical (unpaired) electrons. The van der Waals surface area contributed by atoms with Gasteiger partial charge in [-0.3, -0.25) is 9.59 Å². The smallest absolute Gasteiger partial charge is 0.303 e. The molecule has 142 valence electrons. The van der Waals surface area contributed by atoms with Crippen LogP contribution < -0.4 is 9.47 Å². The Labute approximate surface area is 152 Å². The van der Waals surface area contributed by atoms with Gasteiger partial charge in [0.05, 0.1) is 13.7 Å². The standard InChI is InChI=1S/C19H25NO6/c1-13(10-18(22)23)9-17(21)20-7-5-19(6-8-20)25-12-14-11-15(24-2)3-4-16(14)26-19/h3-4,11,13H,5-10,12H2,1-2H3,(H,22,23).